The van der Waals surface area contributed by atoms with Crippen LogP contribution in [-0.2, 0) is 9.53 Å². The largest absolute Gasteiger partial charge is 0.377 e. The van der Waals surface area contributed by atoms with Crippen molar-refractivity contribution >= 4 is 5.91 Å². The maximum atomic E-state index is 12.1. The Morgan fingerprint density at radius 3 is 2.47 bits per heavy atom. The fraction of sp³-hybridized carbons (Fsp3) is 0.923. The van der Waals surface area contributed by atoms with Crippen molar-refractivity contribution in [2.45, 2.75) is 51.7 Å². The maximum absolute atomic E-state index is 12.1. The predicted molar refractivity (Wildman–Crippen MR) is 69.0 cm³/mol. The Bertz CT molecular complexity index is 248. The van der Waals surface area contributed by atoms with Crippen LogP contribution in [0, 0.1) is 0 Å². The summed E-state index contributed by atoms with van der Waals surface area (Å²) in [6, 6.07) is -0.123. The molecule has 4 heteroatoms. The average Bonchev–Trinajstić information content (AvgIpc) is 2.36. The molecule has 1 rings (SSSR count). The Balaban J connectivity index is 2.36. The van der Waals surface area contributed by atoms with Crippen LogP contribution in [0.4, 0.5) is 0 Å². The van der Waals surface area contributed by atoms with Gasteiger partial charge in [-0.05, 0) is 40.0 Å². The molecule has 0 aromatic rings. The monoisotopic (exact) mass is 242 g/mol. The van der Waals surface area contributed by atoms with Gasteiger partial charge in [0.1, 0.15) is 0 Å². The van der Waals surface area contributed by atoms with Gasteiger partial charge in [-0.15, -0.1) is 0 Å². The van der Waals surface area contributed by atoms with Gasteiger partial charge in [-0.2, -0.15) is 0 Å². The van der Waals surface area contributed by atoms with Gasteiger partial charge < -0.3 is 15.0 Å². The number of nitrogens with one attached hydrogen (secondary N) is 1. The lowest BCUT2D eigenvalue weighted by atomic mass is 10.1. The summed E-state index contributed by atoms with van der Waals surface area (Å²) < 4.78 is 5.33. The van der Waals surface area contributed by atoms with Gasteiger partial charge in [-0.1, -0.05) is 0 Å². The normalized spacial score (nSPS) is 19.2. The van der Waals surface area contributed by atoms with E-state index in [4.69, 9.17) is 4.74 Å². The maximum Gasteiger partial charge on any atom is 0.239 e. The van der Waals surface area contributed by atoms with E-state index in [1.807, 2.05) is 25.7 Å². The molecule has 1 aliphatic rings. The summed E-state index contributed by atoms with van der Waals surface area (Å²) >= 11 is 0. The minimum atomic E-state index is -0.226. The lowest BCUT2D eigenvalue weighted by Gasteiger charge is -2.31. The second-order valence-corrected chi connectivity index (χ2v) is 5.45. The Morgan fingerprint density at radius 2 is 1.94 bits per heavy atom. The fourth-order valence-electron chi connectivity index (χ4n) is 1.95. The van der Waals surface area contributed by atoms with Crippen molar-refractivity contribution in [3.63, 3.8) is 0 Å². The highest BCUT2D eigenvalue weighted by molar-refractivity contribution is 5.81. The number of hydrogen-bond acceptors (Lipinski definition) is 3. The second kappa shape index (κ2) is 6.36. The van der Waals surface area contributed by atoms with Gasteiger partial charge in [0.05, 0.1) is 11.6 Å². The zero-order valence-electron chi connectivity index (χ0n) is 11.6. The standard InChI is InChI=1S/C13H26N2O2/c1-11(14-10-13(2,3)17-4)12(16)15-8-6-5-7-9-15/h11,14H,5-10H2,1-4H3. The zero-order chi connectivity index (χ0) is 12.9. The fourth-order valence-corrected chi connectivity index (χ4v) is 1.95. The van der Waals surface area contributed by atoms with Gasteiger partial charge in [0.2, 0.25) is 5.91 Å². The van der Waals surface area contributed by atoms with Crippen LogP contribution in [0.15, 0.2) is 0 Å². The average molecular weight is 242 g/mol. The topological polar surface area (TPSA) is 41.6 Å². The summed E-state index contributed by atoms with van der Waals surface area (Å²) in [5, 5.41) is 3.25. The molecule has 0 aliphatic carbocycles. The number of amides is 1. The van der Waals surface area contributed by atoms with E-state index in [0.29, 0.717) is 6.54 Å². The number of methoxy groups -OCH3 is 1. The molecule has 1 N–H and O–H groups in total. The third-order valence-electron chi connectivity index (χ3n) is 3.42. The molecule has 0 radical (unpaired) electrons. The molecule has 17 heavy (non-hydrogen) atoms. The van der Waals surface area contributed by atoms with Crippen LogP contribution in [0.25, 0.3) is 0 Å². The minimum absolute atomic E-state index is 0.123. The highest BCUT2D eigenvalue weighted by Gasteiger charge is 2.24. The molecule has 1 amide bonds. The van der Waals surface area contributed by atoms with Gasteiger partial charge in [0, 0.05) is 26.7 Å². The zero-order valence-corrected chi connectivity index (χ0v) is 11.6. The van der Waals surface area contributed by atoms with Crippen molar-refractivity contribution in [1.29, 1.82) is 0 Å². The summed E-state index contributed by atoms with van der Waals surface area (Å²) in [6.45, 7) is 8.47. The van der Waals surface area contributed by atoms with Gasteiger partial charge in [-0.25, -0.2) is 0 Å². The number of hydrogen-bond donors (Lipinski definition) is 1. The van der Waals surface area contributed by atoms with Crippen LogP contribution in [0.5, 0.6) is 0 Å². The van der Waals surface area contributed by atoms with E-state index in [2.05, 4.69) is 5.32 Å². The SMILES string of the molecule is COC(C)(C)CNC(C)C(=O)N1CCCCC1. The van der Waals surface area contributed by atoms with Crippen molar-refractivity contribution in [2.75, 3.05) is 26.7 Å². The van der Waals surface area contributed by atoms with Gasteiger partial charge in [0.25, 0.3) is 0 Å². The smallest absolute Gasteiger partial charge is 0.239 e. The molecule has 0 spiro atoms. The number of likely N-dealkylation sites (tertiary alicyclic amines) is 1. The molecule has 1 saturated heterocycles. The molecular weight excluding hydrogens is 216 g/mol. The highest BCUT2D eigenvalue weighted by Crippen LogP contribution is 2.11. The molecule has 0 bridgehead atoms. The molecule has 4 nitrogen and oxygen atoms in total. The van der Waals surface area contributed by atoms with Gasteiger partial charge >= 0.3 is 0 Å². The minimum Gasteiger partial charge on any atom is -0.377 e. The van der Waals surface area contributed by atoms with Crippen molar-refractivity contribution in [1.82, 2.24) is 10.2 Å². The van der Waals surface area contributed by atoms with E-state index in [0.717, 1.165) is 25.9 Å². The Morgan fingerprint density at radius 1 is 1.35 bits per heavy atom. The van der Waals surface area contributed by atoms with Crippen LogP contribution < -0.4 is 5.32 Å². The molecule has 1 atom stereocenters. The molecule has 0 aromatic carbocycles. The number of nitrogens with zero attached hydrogens (tertiary/aromatic N) is 1. The quantitative estimate of drug-likeness (QED) is 0.792. The van der Waals surface area contributed by atoms with Gasteiger partial charge in [0.15, 0.2) is 0 Å². The third kappa shape index (κ3) is 4.64. The van der Waals surface area contributed by atoms with Crippen LogP contribution in [0.2, 0.25) is 0 Å². The first-order chi connectivity index (χ1) is 7.96. The number of piperidine rings is 1. The Labute approximate surface area is 105 Å². The van der Waals surface area contributed by atoms with E-state index in [9.17, 15) is 4.79 Å². The van der Waals surface area contributed by atoms with Crippen LogP contribution in [0.1, 0.15) is 40.0 Å². The van der Waals surface area contributed by atoms with Gasteiger partial charge in [-0.3, -0.25) is 4.79 Å². The number of ether oxygens (including phenoxy) is 1. The molecule has 1 fully saturated rings. The van der Waals surface area contributed by atoms with Crippen molar-refractivity contribution in [3.05, 3.63) is 0 Å². The van der Waals surface area contributed by atoms with E-state index in [1.165, 1.54) is 6.42 Å². The summed E-state index contributed by atoms with van der Waals surface area (Å²) in [5.41, 5.74) is -0.226. The highest BCUT2D eigenvalue weighted by atomic mass is 16.5. The first kappa shape index (κ1) is 14.5. The number of rotatable bonds is 5. The molecule has 100 valence electrons. The van der Waals surface area contributed by atoms with Crippen molar-refractivity contribution in [3.8, 4) is 0 Å². The van der Waals surface area contributed by atoms with Crippen LogP contribution >= 0.6 is 0 Å². The first-order valence-electron chi connectivity index (χ1n) is 6.53. The Hall–Kier alpha value is -0.610. The Kier molecular flexibility index (Phi) is 5.40. The lowest BCUT2D eigenvalue weighted by molar-refractivity contribution is -0.134. The van der Waals surface area contributed by atoms with E-state index in [-0.39, 0.29) is 17.6 Å². The summed E-state index contributed by atoms with van der Waals surface area (Å²) in [4.78, 5) is 14.1. The lowest BCUT2D eigenvalue weighted by Crippen LogP contribution is -2.50. The van der Waals surface area contributed by atoms with E-state index >= 15 is 0 Å². The summed E-state index contributed by atoms with van der Waals surface area (Å²) in [7, 11) is 1.69. The van der Waals surface area contributed by atoms with Crippen molar-refractivity contribution < 1.29 is 9.53 Å². The molecule has 1 unspecified atom stereocenters. The van der Waals surface area contributed by atoms with Crippen LogP contribution in [0.3, 0.4) is 0 Å². The second-order valence-electron chi connectivity index (χ2n) is 5.45. The molecule has 0 aromatic heterocycles. The first-order valence-corrected chi connectivity index (χ1v) is 6.53. The summed E-state index contributed by atoms with van der Waals surface area (Å²) in [6.07, 6.45) is 3.53. The molecule has 1 aliphatic heterocycles. The van der Waals surface area contributed by atoms with Crippen molar-refractivity contribution in [2.24, 2.45) is 0 Å². The third-order valence-corrected chi connectivity index (χ3v) is 3.42. The molecular formula is C13H26N2O2. The van der Waals surface area contributed by atoms with E-state index < -0.39 is 0 Å². The predicted octanol–water partition coefficient (Wildman–Crippen LogP) is 1.40. The molecule has 1 heterocycles. The number of carbonyl (C=O) groups excluding carboxylic acids is 1. The molecule has 0 saturated carbocycles. The van der Waals surface area contributed by atoms with Crippen LogP contribution in [-0.4, -0.2) is 49.2 Å². The summed E-state index contributed by atoms with van der Waals surface area (Å²) in [5.74, 6) is 0.219. The number of carbonyl (C=O) groups is 1. The van der Waals surface area contributed by atoms with E-state index in [1.54, 1.807) is 7.11 Å².